The molecule has 0 rings (SSSR count). The highest BCUT2D eigenvalue weighted by atomic mass is 35.5. The van der Waals surface area contributed by atoms with Crippen molar-refractivity contribution < 1.29 is 0 Å². The molecule has 1 atom stereocenters. The van der Waals surface area contributed by atoms with Gasteiger partial charge in [-0.1, -0.05) is 0 Å². The van der Waals surface area contributed by atoms with E-state index in [0.29, 0.717) is 5.88 Å². The van der Waals surface area contributed by atoms with Gasteiger partial charge < -0.3 is 0 Å². The smallest absolute Gasteiger partial charge is 0.125 e. The standard InChI is InChI=1S/C3H6Cl2.Al.3H/c1-3(5)2-4;;;;/h3H,2H2,1H3;;;;. The number of hydrogen-bond donors (Lipinski definition) is 0. The first-order chi connectivity index (χ1) is 2.27. The van der Waals surface area contributed by atoms with Crippen LogP contribution in [0.4, 0.5) is 0 Å². The number of halogens is 2. The molecule has 0 fully saturated rings. The first-order valence-electron chi connectivity index (χ1n) is 1.47. The second-order valence-electron chi connectivity index (χ2n) is 0.935. The molecule has 0 saturated heterocycles. The maximum Gasteiger partial charge on any atom is 0.187 e. The molecule has 6 heavy (non-hydrogen) atoms. The minimum atomic E-state index is 0. The van der Waals surface area contributed by atoms with Crippen molar-refractivity contribution in [3.05, 3.63) is 0 Å². The van der Waals surface area contributed by atoms with Gasteiger partial charge in [0.2, 0.25) is 0 Å². The molecule has 0 aromatic rings. The monoisotopic (exact) mass is 142 g/mol. The topological polar surface area (TPSA) is 0 Å². The van der Waals surface area contributed by atoms with E-state index in [1.54, 1.807) is 0 Å². The van der Waals surface area contributed by atoms with Crippen LogP contribution in [0.5, 0.6) is 0 Å². The third-order valence-corrected chi connectivity index (χ3v) is 0.988. The van der Waals surface area contributed by atoms with Crippen molar-refractivity contribution in [1.82, 2.24) is 0 Å². The van der Waals surface area contributed by atoms with Gasteiger partial charge in [0.05, 0.1) is 0 Å². The van der Waals surface area contributed by atoms with E-state index in [1.165, 1.54) is 0 Å². The van der Waals surface area contributed by atoms with Crippen LogP contribution < -0.4 is 0 Å². The summed E-state index contributed by atoms with van der Waals surface area (Å²) in [4.78, 5) is 0. The van der Waals surface area contributed by atoms with Crippen LogP contribution in [0.2, 0.25) is 0 Å². The zero-order valence-corrected chi connectivity index (χ0v) is 4.55. The summed E-state index contributed by atoms with van der Waals surface area (Å²) in [5.74, 6) is 0.543. The lowest BCUT2D eigenvalue weighted by molar-refractivity contribution is 1.11. The quantitative estimate of drug-likeness (QED) is 0.373. The predicted octanol–water partition coefficient (Wildman–Crippen LogP) is 0.669. The van der Waals surface area contributed by atoms with E-state index in [1.807, 2.05) is 6.92 Å². The highest BCUT2D eigenvalue weighted by molar-refractivity contribution is 6.27. The van der Waals surface area contributed by atoms with Crippen molar-refractivity contribution in [3.63, 3.8) is 0 Å². The average Bonchev–Trinajstić information content (AvgIpc) is 1.38. The SMILES string of the molecule is CC(Cl)CCl.[AlH3]. The van der Waals surface area contributed by atoms with Crippen molar-refractivity contribution in [1.29, 1.82) is 0 Å². The summed E-state index contributed by atoms with van der Waals surface area (Å²) in [6.07, 6.45) is 0. The Morgan fingerprint density at radius 1 is 1.67 bits per heavy atom. The molecule has 0 aromatic carbocycles. The summed E-state index contributed by atoms with van der Waals surface area (Å²) in [6.45, 7) is 1.86. The minimum Gasteiger partial charge on any atom is -0.125 e. The minimum absolute atomic E-state index is 0. The van der Waals surface area contributed by atoms with Crippen molar-refractivity contribution >= 4 is 40.6 Å². The first-order valence-corrected chi connectivity index (χ1v) is 2.44. The summed E-state index contributed by atoms with van der Waals surface area (Å²) >= 11 is 10.5. The van der Waals surface area contributed by atoms with Crippen molar-refractivity contribution in [2.75, 3.05) is 5.88 Å². The van der Waals surface area contributed by atoms with E-state index in [4.69, 9.17) is 23.2 Å². The van der Waals surface area contributed by atoms with Crippen LogP contribution in [0, 0.1) is 0 Å². The highest BCUT2D eigenvalue weighted by Crippen LogP contribution is 1.93. The Kier molecular flexibility index (Phi) is 10.4. The number of hydrogen-bond acceptors (Lipinski definition) is 0. The lowest BCUT2D eigenvalue weighted by Gasteiger charge is -1.85. The maximum atomic E-state index is 5.33. The van der Waals surface area contributed by atoms with E-state index in [9.17, 15) is 0 Å². The molecule has 38 valence electrons. The molecule has 0 bridgehead atoms. The van der Waals surface area contributed by atoms with Crippen molar-refractivity contribution in [3.8, 4) is 0 Å². The molecule has 0 radical (unpaired) electrons. The van der Waals surface area contributed by atoms with Gasteiger partial charge >= 0.3 is 0 Å². The molecule has 0 saturated carbocycles. The van der Waals surface area contributed by atoms with E-state index >= 15 is 0 Å². The largest absolute Gasteiger partial charge is 0.187 e. The van der Waals surface area contributed by atoms with Crippen LogP contribution in [0.15, 0.2) is 0 Å². The van der Waals surface area contributed by atoms with Gasteiger partial charge in [-0.25, -0.2) is 0 Å². The third-order valence-electron chi connectivity index (χ3n) is 0.213. The normalized spacial score (nSPS) is 12.5. The van der Waals surface area contributed by atoms with Crippen molar-refractivity contribution in [2.24, 2.45) is 0 Å². The van der Waals surface area contributed by atoms with Gasteiger partial charge in [0.1, 0.15) is 0 Å². The Hall–Kier alpha value is 1.11. The fourth-order valence-electron chi connectivity index (χ4n) is 0. The molecule has 0 aromatic heterocycles. The molecule has 0 aliphatic carbocycles. The second kappa shape index (κ2) is 6.11. The van der Waals surface area contributed by atoms with E-state index < -0.39 is 0 Å². The molecule has 1 unspecified atom stereocenters. The van der Waals surface area contributed by atoms with Gasteiger partial charge in [0.15, 0.2) is 17.4 Å². The van der Waals surface area contributed by atoms with Gasteiger partial charge in [0, 0.05) is 11.3 Å². The first kappa shape index (κ1) is 10.2. The van der Waals surface area contributed by atoms with Gasteiger partial charge in [-0.3, -0.25) is 0 Å². The molecule has 3 heteroatoms. The predicted molar refractivity (Wildman–Crippen MR) is 36.0 cm³/mol. The summed E-state index contributed by atoms with van der Waals surface area (Å²) in [5.41, 5.74) is 0. The fourth-order valence-corrected chi connectivity index (χ4v) is 0. The Morgan fingerprint density at radius 2 is 1.83 bits per heavy atom. The summed E-state index contributed by atoms with van der Waals surface area (Å²) in [5, 5.41) is 0.122. The lowest BCUT2D eigenvalue weighted by atomic mass is 10.6. The Balaban J connectivity index is 0. The van der Waals surface area contributed by atoms with Crippen LogP contribution in [-0.2, 0) is 0 Å². The fraction of sp³-hybridized carbons (Fsp3) is 1.00. The molecule has 0 aliphatic rings. The van der Waals surface area contributed by atoms with Crippen LogP contribution >= 0.6 is 23.2 Å². The van der Waals surface area contributed by atoms with Gasteiger partial charge in [-0.15, -0.1) is 23.2 Å². The molecule has 0 amide bonds. The summed E-state index contributed by atoms with van der Waals surface area (Å²) < 4.78 is 0. The van der Waals surface area contributed by atoms with Crippen LogP contribution in [0.1, 0.15) is 6.92 Å². The van der Waals surface area contributed by atoms with Crippen LogP contribution in [0.3, 0.4) is 0 Å². The van der Waals surface area contributed by atoms with Gasteiger partial charge in [-0.2, -0.15) is 0 Å². The third kappa shape index (κ3) is 8.93. The van der Waals surface area contributed by atoms with E-state index in [-0.39, 0.29) is 22.7 Å². The highest BCUT2D eigenvalue weighted by Gasteiger charge is 1.85. The van der Waals surface area contributed by atoms with Gasteiger partial charge in [-0.05, 0) is 6.92 Å². The zero-order chi connectivity index (χ0) is 4.28. The number of rotatable bonds is 1. The van der Waals surface area contributed by atoms with Crippen LogP contribution in [0.25, 0.3) is 0 Å². The Morgan fingerprint density at radius 3 is 1.83 bits per heavy atom. The van der Waals surface area contributed by atoms with Crippen LogP contribution in [-0.4, -0.2) is 28.6 Å². The Labute approximate surface area is 58.9 Å². The number of alkyl halides is 2. The molecule has 0 N–H and O–H groups in total. The van der Waals surface area contributed by atoms with Crippen molar-refractivity contribution in [2.45, 2.75) is 12.3 Å². The summed E-state index contributed by atoms with van der Waals surface area (Å²) in [6, 6.07) is 0. The average molecular weight is 143 g/mol. The molecular formula is C3H9AlCl2. The lowest BCUT2D eigenvalue weighted by Crippen LogP contribution is -1.87. The second-order valence-corrected chi connectivity index (χ2v) is 1.99. The maximum absolute atomic E-state index is 5.33. The van der Waals surface area contributed by atoms with E-state index in [2.05, 4.69) is 0 Å². The zero-order valence-electron chi connectivity index (χ0n) is 3.04. The molecular weight excluding hydrogens is 134 g/mol. The van der Waals surface area contributed by atoms with E-state index in [0.717, 1.165) is 0 Å². The molecule has 0 heterocycles. The molecule has 0 nitrogen and oxygen atoms in total. The molecule has 0 aliphatic heterocycles. The summed E-state index contributed by atoms with van der Waals surface area (Å²) in [7, 11) is 0. The van der Waals surface area contributed by atoms with Gasteiger partial charge in [0.25, 0.3) is 0 Å². The molecule has 0 spiro atoms. The Bertz CT molecular complexity index is 22.8.